The van der Waals surface area contributed by atoms with Crippen LogP contribution in [0.5, 0.6) is 5.75 Å². The van der Waals surface area contributed by atoms with Crippen molar-refractivity contribution in [2.24, 2.45) is 0 Å². The van der Waals surface area contributed by atoms with E-state index >= 15 is 0 Å². The van der Waals surface area contributed by atoms with Gasteiger partial charge in [-0.2, -0.15) is 0 Å². The Morgan fingerprint density at radius 2 is 1.95 bits per heavy atom. The van der Waals surface area contributed by atoms with Gasteiger partial charge in [-0.05, 0) is 57.5 Å². The van der Waals surface area contributed by atoms with Crippen LogP contribution in [-0.4, -0.2) is 49.6 Å². The lowest BCUT2D eigenvalue weighted by Crippen LogP contribution is -2.52. The highest BCUT2D eigenvalue weighted by Crippen LogP contribution is 2.26. The number of Topliss-reactive ketones (excluding diaryl/α,β-unsaturated/α-hetero) is 1. The summed E-state index contributed by atoms with van der Waals surface area (Å²) in [6.45, 7) is 5.84. The van der Waals surface area contributed by atoms with Crippen LogP contribution in [0.15, 0.2) is 24.3 Å². The van der Waals surface area contributed by atoms with Gasteiger partial charge < -0.3 is 9.47 Å². The van der Waals surface area contributed by atoms with Crippen LogP contribution in [-0.2, 0) is 4.74 Å². The number of carbonyl (C=O) groups is 1. The Morgan fingerprint density at radius 3 is 2.52 bits per heavy atom. The van der Waals surface area contributed by atoms with Crippen molar-refractivity contribution in [1.82, 2.24) is 4.90 Å². The van der Waals surface area contributed by atoms with Crippen molar-refractivity contribution in [3.05, 3.63) is 29.8 Å². The summed E-state index contributed by atoms with van der Waals surface area (Å²) in [7, 11) is 3.37. The molecule has 0 amide bonds. The van der Waals surface area contributed by atoms with E-state index in [1.165, 1.54) is 0 Å². The number of likely N-dealkylation sites (tertiary alicyclic amines) is 1. The van der Waals surface area contributed by atoms with Crippen molar-refractivity contribution in [2.45, 2.75) is 38.3 Å². The smallest absolute Gasteiger partial charge is 0.179 e. The fraction of sp³-hybridized carbons (Fsp3) is 0.588. The molecule has 0 aliphatic carbocycles. The molecule has 1 aliphatic rings. The SMILES string of the molecule is COc1ccc(C(=O)C(C)N2CCCC(C)(OC)C2)cc1. The molecule has 1 aliphatic heterocycles. The molecule has 116 valence electrons. The highest BCUT2D eigenvalue weighted by molar-refractivity contribution is 5.99. The molecule has 0 N–H and O–H groups in total. The molecule has 2 rings (SSSR count). The fourth-order valence-electron chi connectivity index (χ4n) is 2.90. The number of rotatable bonds is 5. The average Bonchev–Trinajstić information content (AvgIpc) is 2.53. The Bertz CT molecular complexity index is 485. The monoisotopic (exact) mass is 291 g/mol. The first-order chi connectivity index (χ1) is 9.99. The minimum atomic E-state index is -0.146. The van der Waals surface area contributed by atoms with E-state index in [4.69, 9.17) is 9.47 Å². The zero-order valence-electron chi connectivity index (χ0n) is 13.4. The summed E-state index contributed by atoms with van der Waals surface area (Å²) in [5, 5.41) is 0. The van der Waals surface area contributed by atoms with Gasteiger partial charge in [0.2, 0.25) is 0 Å². The first kappa shape index (κ1) is 16.0. The maximum absolute atomic E-state index is 12.6. The Morgan fingerprint density at radius 1 is 1.29 bits per heavy atom. The van der Waals surface area contributed by atoms with Gasteiger partial charge in [-0.25, -0.2) is 0 Å². The number of carbonyl (C=O) groups excluding carboxylic acids is 1. The van der Waals surface area contributed by atoms with Crippen molar-refractivity contribution in [3.63, 3.8) is 0 Å². The molecule has 1 heterocycles. The summed E-state index contributed by atoms with van der Waals surface area (Å²) in [4.78, 5) is 14.8. The summed E-state index contributed by atoms with van der Waals surface area (Å²) in [6.07, 6.45) is 2.11. The molecular weight excluding hydrogens is 266 g/mol. The predicted molar refractivity (Wildman–Crippen MR) is 83.0 cm³/mol. The molecule has 0 bridgehead atoms. The van der Waals surface area contributed by atoms with Crippen molar-refractivity contribution >= 4 is 5.78 Å². The molecule has 2 atom stereocenters. The van der Waals surface area contributed by atoms with Gasteiger partial charge in [0.15, 0.2) is 5.78 Å². The maximum Gasteiger partial charge on any atom is 0.179 e. The van der Waals surface area contributed by atoms with E-state index in [-0.39, 0.29) is 17.4 Å². The van der Waals surface area contributed by atoms with Crippen molar-refractivity contribution in [1.29, 1.82) is 0 Å². The van der Waals surface area contributed by atoms with Crippen LogP contribution in [0.4, 0.5) is 0 Å². The van der Waals surface area contributed by atoms with E-state index in [0.29, 0.717) is 0 Å². The number of methoxy groups -OCH3 is 2. The predicted octanol–water partition coefficient (Wildman–Crippen LogP) is 2.77. The number of ketones is 1. The number of benzene rings is 1. The van der Waals surface area contributed by atoms with E-state index in [9.17, 15) is 4.79 Å². The maximum atomic E-state index is 12.6. The highest BCUT2D eigenvalue weighted by atomic mass is 16.5. The van der Waals surface area contributed by atoms with Gasteiger partial charge in [-0.1, -0.05) is 0 Å². The Kier molecular flexibility index (Phi) is 5.01. The van der Waals surface area contributed by atoms with Crippen LogP contribution in [0.25, 0.3) is 0 Å². The van der Waals surface area contributed by atoms with Gasteiger partial charge in [0, 0.05) is 19.2 Å². The van der Waals surface area contributed by atoms with Gasteiger partial charge in [0.1, 0.15) is 5.75 Å². The second kappa shape index (κ2) is 6.58. The van der Waals surface area contributed by atoms with Gasteiger partial charge in [-0.15, -0.1) is 0 Å². The number of hydrogen-bond donors (Lipinski definition) is 0. The number of piperidine rings is 1. The van der Waals surface area contributed by atoms with Crippen LogP contribution in [0, 0.1) is 0 Å². The van der Waals surface area contributed by atoms with Crippen LogP contribution in [0.2, 0.25) is 0 Å². The molecule has 1 saturated heterocycles. The molecule has 0 spiro atoms. The largest absolute Gasteiger partial charge is 0.497 e. The molecule has 21 heavy (non-hydrogen) atoms. The third kappa shape index (κ3) is 3.63. The Labute approximate surface area is 127 Å². The molecule has 1 aromatic carbocycles. The summed E-state index contributed by atoms with van der Waals surface area (Å²) in [6, 6.07) is 7.19. The van der Waals surface area contributed by atoms with Crippen LogP contribution in [0.1, 0.15) is 37.0 Å². The summed E-state index contributed by atoms with van der Waals surface area (Å²) < 4.78 is 10.7. The highest BCUT2D eigenvalue weighted by Gasteiger charge is 2.34. The Hall–Kier alpha value is -1.39. The van der Waals surface area contributed by atoms with Crippen molar-refractivity contribution in [3.8, 4) is 5.75 Å². The van der Waals surface area contributed by atoms with Crippen molar-refractivity contribution in [2.75, 3.05) is 27.3 Å². The van der Waals surface area contributed by atoms with E-state index in [1.807, 2.05) is 31.2 Å². The van der Waals surface area contributed by atoms with E-state index < -0.39 is 0 Å². The van der Waals surface area contributed by atoms with E-state index in [1.54, 1.807) is 14.2 Å². The third-order valence-electron chi connectivity index (χ3n) is 4.48. The lowest BCUT2D eigenvalue weighted by atomic mass is 9.92. The number of hydrogen-bond acceptors (Lipinski definition) is 4. The molecule has 0 saturated carbocycles. The summed E-state index contributed by atoms with van der Waals surface area (Å²) in [5.41, 5.74) is 0.583. The van der Waals surface area contributed by atoms with Crippen molar-refractivity contribution < 1.29 is 14.3 Å². The molecule has 0 radical (unpaired) electrons. The van der Waals surface area contributed by atoms with Gasteiger partial charge in [0.05, 0.1) is 18.8 Å². The van der Waals surface area contributed by atoms with Crippen LogP contribution in [0.3, 0.4) is 0 Å². The quantitative estimate of drug-likeness (QED) is 0.782. The molecule has 2 unspecified atom stereocenters. The second-order valence-corrected chi connectivity index (χ2v) is 6.00. The standard InChI is InChI=1S/C17H25NO3/c1-13(18-11-5-10-17(2,12-18)21-4)16(19)14-6-8-15(20-3)9-7-14/h6-9,13H,5,10-12H2,1-4H3. The molecule has 0 aromatic heterocycles. The van der Waals surface area contributed by atoms with Gasteiger partial charge in [0.25, 0.3) is 0 Å². The average molecular weight is 291 g/mol. The van der Waals surface area contributed by atoms with E-state index in [2.05, 4.69) is 11.8 Å². The minimum absolute atomic E-state index is 0.131. The lowest BCUT2D eigenvalue weighted by molar-refractivity contribution is -0.0563. The zero-order chi connectivity index (χ0) is 15.5. The third-order valence-corrected chi connectivity index (χ3v) is 4.48. The summed E-state index contributed by atoms with van der Waals surface area (Å²) in [5.74, 6) is 0.919. The van der Waals surface area contributed by atoms with Gasteiger partial charge >= 0.3 is 0 Å². The zero-order valence-corrected chi connectivity index (χ0v) is 13.4. The molecule has 1 fully saturated rings. The second-order valence-electron chi connectivity index (χ2n) is 6.00. The van der Waals surface area contributed by atoms with Gasteiger partial charge in [-0.3, -0.25) is 9.69 Å². The summed E-state index contributed by atoms with van der Waals surface area (Å²) >= 11 is 0. The first-order valence-electron chi connectivity index (χ1n) is 7.46. The molecule has 1 aromatic rings. The Balaban J connectivity index is 2.07. The molecule has 4 heteroatoms. The van der Waals surface area contributed by atoms with Crippen LogP contribution < -0.4 is 4.74 Å². The topological polar surface area (TPSA) is 38.8 Å². The molecule has 4 nitrogen and oxygen atoms in total. The van der Waals surface area contributed by atoms with E-state index in [0.717, 1.165) is 37.2 Å². The number of ether oxygens (including phenoxy) is 2. The fourth-order valence-corrected chi connectivity index (χ4v) is 2.90. The lowest BCUT2D eigenvalue weighted by Gasteiger charge is -2.41. The minimum Gasteiger partial charge on any atom is -0.497 e. The molecular formula is C17H25NO3. The number of nitrogens with zero attached hydrogens (tertiary/aromatic N) is 1. The normalized spacial score (nSPS) is 24.6. The first-order valence-corrected chi connectivity index (χ1v) is 7.46. The van der Waals surface area contributed by atoms with Crippen LogP contribution >= 0.6 is 0 Å².